The summed E-state index contributed by atoms with van der Waals surface area (Å²) in [5.41, 5.74) is 0. The van der Waals surface area contributed by atoms with Crippen molar-refractivity contribution in [1.29, 1.82) is 0 Å². The van der Waals surface area contributed by atoms with E-state index in [1.807, 2.05) is 0 Å². The molecule has 0 saturated heterocycles. The summed E-state index contributed by atoms with van der Waals surface area (Å²) in [4.78, 5) is 0. The molecule has 5 nitrogen and oxygen atoms in total. The lowest BCUT2D eigenvalue weighted by Gasteiger charge is -2.29. The molecule has 0 rings (SSSR count). The van der Waals surface area contributed by atoms with E-state index >= 15 is 0 Å². The Hall–Kier alpha value is -0.800. The summed E-state index contributed by atoms with van der Waals surface area (Å²) in [6, 6.07) is 0. The van der Waals surface area contributed by atoms with E-state index in [0.717, 1.165) is 0 Å². The summed E-state index contributed by atoms with van der Waals surface area (Å²) in [6.07, 6.45) is -16.9. The largest absolute Gasteiger partial charge is 0.459 e. The van der Waals surface area contributed by atoms with Crippen LogP contribution in [-0.4, -0.2) is 55.8 Å². The fourth-order valence-corrected chi connectivity index (χ4v) is 1.38. The molecule has 0 aliphatic carbocycles. The number of hydrogen-bond acceptors (Lipinski definition) is 4. The highest BCUT2D eigenvalue weighted by atomic mass is 32.2. The fraction of sp³-hybridized carbons (Fsp3) is 1.00. The summed E-state index contributed by atoms with van der Waals surface area (Å²) in [5, 5.41) is -6.39. The van der Waals surface area contributed by atoms with Crippen LogP contribution in [0.4, 0.5) is 39.5 Å². The zero-order valence-corrected chi connectivity index (χ0v) is 12.4. The van der Waals surface area contributed by atoms with Crippen molar-refractivity contribution in [1.82, 2.24) is 0 Å². The van der Waals surface area contributed by atoms with Gasteiger partial charge in [-0.1, -0.05) is 0 Å². The first-order valence-electron chi connectivity index (χ1n) is 5.74. The van der Waals surface area contributed by atoms with Gasteiger partial charge in [0.2, 0.25) is 5.92 Å². The van der Waals surface area contributed by atoms with Gasteiger partial charge in [-0.25, -0.2) is 8.78 Å². The highest BCUT2D eigenvalue weighted by Gasteiger charge is 2.69. The number of hydrogen-bond donors (Lipinski definition) is 1. The summed E-state index contributed by atoms with van der Waals surface area (Å²) >= 11 is 0. The molecule has 0 fully saturated rings. The smallest absolute Gasteiger partial charge is 0.378 e. The molecule has 0 amide bonds. The van der Waals surface area contributed by atoms with Crippen molar-refractivity contribution in [3.05, 3.63) is 0 Å². The minimum absolute atomic E-state index is 0.384. The number of halogens is 9. The Bertz CT molecular complexity index is 510. The molecule has 0 saturated carbocycles. The Kier molecular flexibility index (Phi) is 6.97. The average Bonchev–Trinajstić information content (AvgIpc) is 2.28. The van der Waals surface area contributed by atoms with Crippen LogP contribution < -0.4 is 0 Å². The molecular weight excluding hydrogens is 391 g/mol. The zero-order valence-electron chi connectivity index (χ0n) is 11.6. The number of ether oxygens (including phenoxy) is 2. The van der Waals surface area contributed by atoms with E-state index in [0.29, 0.717) is 6.92 Å². The molecule has 0 aromatic carbocycles. The van der Waals surface area contributed by atoms with E-state index in [2.05, 4.69) is 9.47 Å². The van der Waals surface area contributed by atoms with Gasteiger partial charge in [-0.2, -0.15) is 39.2 Å². The minimum Gasteiger partial charge on any atom is -0.378 e. The van der Waals surface area contributed by atoms with Crippen molar-refractivity contribution in [2.45, 2.75) is 42.9 Å². The van der Waals surface area contributed by atoms with Gasteiger partial charge in [0.15, 0.2) is 6.10 Å². The van der Waals surface area contributed by atoms with Gasteiger partial charge >= 0.3 is 27.7 Å². The third-order valence-electron chi connectivity index (χ3n) is 2.27. The van der Waals surface area contributed by atoms with Gasteiger partial charge in [0.05, 0.1) is 13.2 Å². The van der Waals surface area contributed by atoms with Gasteiger partial charge in [0, 0.05) is 6.42 Å². The maximum Gasteiger partial charge on any atom is 0.459 e. The molecule has 0 spiro atoms. The van der Waals surface area contributed by atoms with Crippen LogP contribution in [0.2, 0.25) is 0 Å². The van der Waals surface area contributed by atoms with Gasteiger partial charge in [-0.15, -0.1) is 0 Å². The van der Waals surface area contributed by atoms with Gasteiger partial charge in [0.1, 0.15) is 0 Å². The highest BCUT2D eigenvalue weighted by molar-refractivity contribution is 7.86. The molecule has 24 heavy (non-hydrogen) atoms. The lowest BCUT2D eigenvalue weighted by atomic mass is 10.3. The Labute approximate surface area is 129 Å². The second kappa shape index (κ2) is 7.21. The Morgan fingerprint density at radius 1 is 1.00 bits per heavy atom. The normalized spacial score (nSPS) is 16.3. The first-order valence-corrected chi connectivity index (χ1v) is 7.18. The van der Waals surface area contributed by atoms with Gasteiger partial charge < -0.3 is 4.74 Å². The van der Waals surface area contributed by atoms with Crippen LogP contribution in [0.5, 0.6) is 0 Å². The molecule has 1 atom stereocenters. The quantitative estimate of drug-likeness (QED) is 0.365. The van der Waals surface area contributed by atoms with Crippen molar-refractivity contribution in [2.75, 3.05) is 13.2 Å². The second-order valence-corrected chi connectivity index (χ2v) is 6.01. The average molecular weight is 402 g/mol. The molecule has 146 valence electrons. The van der Waals surface area contributed by atoms with Gasteiger partial charge in [-0.3, -0.25) is 9.29 Å². The first kappa shape index (κ1) is 23.2. The number of alkyl halides is 9. The third-order valence-corrected chi connectivity index (χ3v) is 3.16. The summed E-state index contributed by atoms with van der Waals surface area (Å²) in [5.74, 6) is -3.35. The molecule has 1 unspecified atom stereocenters. The predicted molar refractivity (Wildman–Crippen MR) is 58.4 cm³/mol. The summed E-state index contributed by atoms with van der Waals surface area (Å²) in [6.45, 7) is -2.56. The van der Waals surface area contributed by atoms with Crippen LogP contribution in [0.1, 0.15) is 13.3 Å². The molecule has 0 aromatic rings. The van der Waals surface area contributed by atoms with Crippen LogP contribution in [-0.2, 0) is 19.6 Å². The van der Waals surface area contributed by atoms with E-state index in [-0.39, 0.29) is 0 Å². The van der Waals surface area contributed by atoms with Crippen LogP contribution in [0.15, 0.2) is 0 Å². The van der Waals surface area contributed by atoms with E-state index in [1.54, 1.807) is 0 Å². The van der Waals surface area contributed by atoms with Crippen molar-refractivity contribution in [3.8, 4) is 0 Å². The number of rotatable bonds is 9. The van der Waals surface area contributed by atoms with E-state index in [1.165, 1.54) is 0 Å². The molecule has 0 aliphatic heterocycles. The SMILES string of the molecule is CC(F)(F)CCOCC(OC(F)(F)C(F)(F)S(=O)(=O)O)C(F)(F)F. The topological polar surface area (TPSA) is 72.8 Å². The Balaban J connectivity index is 5.11. The Morgan fingerprint density at radius 2 is 1.46 bits per heavy atom. The van der Waals surface area contributed by atoms with Crippen molar-refractivity contribution in [3.63, 3.8) is 0 Å². The van der Waals surface area contributed by atoms with E-state index in [4.69, 9.17) is 4.55 Å². The lowest BCUT2D eigenvalue weighted by molar-refractivity contribution is -0.375. The van der Waals surface area contributed by atoms with Crippen molar-refractivity contribution in [2.24, 2.45) is 0 Å². The molecule has 15 heteroatoms. The molecular formula is C9H11F9O5S. The Morgan fingerprint density at radius 3 is 1.79 bits per heavy atom. The summed E-state index contributed by atoms with van der Waals surface area (Å²) < 4.78 is 149. The monoisotopic (exact) mass is 402 g/mol. The van der Waals surface area contributed by atoms with Crippen molar-refractivity contribution >= 4 is 10.1 Å². The van der Waals surface area contributed by atoms with Crippen LogP contribution in [0.3, 0.4) is 0 Å². The summed E-state index contributed by atoms with van der Waals surface area (Å²) in [7, 11) is -6.81. The van der Waals surface area contributed by atoms with Gasteiger partial charge in [0.25, 0.3) is 0 Å². The highest BCUT2D eigenvalue weighted by Crippen LogP contribution is 2.42. The van der Waals surface area contributed by atoms with E-state index < -0.39 is 59.3 Å². The second-order valence-electron chi connectivity index (χ2n) is 4.55. The third kappa shape index (κ3) is 6.60. The van der Waals surface area contributed by atoms with Crippen LogP contribution in [0, 0.1) is 0 Å². The molecule has 0 aliphatic rings. The molecule has 0 heterocycles. The molecule has 0 aromatic heterocycles. The maximum absolute atomic E-state index is 13.0. The lowest BCUT2D eigenvalue weighted by Crippen LogP contribution is -2.53. The van der Waals surface area contributed by atoms with Crippen LogP contribution >= 0.6 is 0 Å². The minimum atomic E-state index is -6.81. The first-order chi connectivity index (χ1) is 10.3. The fourth-order valence-electron chi connectivity index (χ4n) is 1.03. The van der Waals surface area contributed by atoms with E-state index in [9.17, 15) is 47.9 Å². The van der Waals surface area contributed by atoms with Gasteiger partial charge in [-0.05, 0) is 6.92 Å². The van der Waals surface area contributed by atoms with Crippen molar-refractivity contribution < 1.29 is 62.0 Å². The standard InChI is InChI=1S/C9H11F9O5S/c1-6(10,11)2-3-22-4-5(7(12,13)14)23-8(15,16)9(17,18)24(19,20)21/h5H,2-4H2,1H3,(H,19,20,21). The maximum atomic E-state index is 13.0. The predicted octanol–water partition coefficient (Wildman–Crippen LogP) is 3.07. The van der Waals surface area contributed by atoms with Crippen LogP contribution in [0.25, 0.3) is 0 Å². The zero-order chi connectivity index (χ0) is 19.6. The molecule has 1 N–H and O–H groups in total. The molecule has 0 radical (unpaired) electrons. The molecule has 0 bridgehead atoms.